The number of alkyl halides is 3. The quantitative estimate of drug-likeness (QED) is 0.445. The Morgan fingerprint density at radius 1 is 1.23 bits per heavy atom. The molecule has 2 aromatic carbocycles. The summed E-state index contributed by atoms with van der Waals surface area (Å²) in [4.78, 5) is 11.6. The first-order valence-electron chi connectivity index (χ1n) is 11.2. The van der Waals surface area contributed by atoms with Crippen molar-refractivity contribution in [3.63, 3.8) is 0 Å². The van der Waals surface area contributed by atoms with E-state index in [1.807, 2.05) is 0 Å². The van der Waals surface area contributed by atoms with Gasteiger partial charge in [-0.15, -0.1) is 5.10 Å². The van der Waals surface area contributed by atoms with E-state index in [0.717, 1.165) is 0 Å². The maximum Gasteiger partial charge on any atom is 0.418 e. The smallest absolute Gasteiger partial charge is 0.418 e. The van der Waals surface area contributed by atoms with Crippen LogP contribution >= 0.6 is 23.2 Å². The van der Waals surface area contributed by atoms with Crippen molar-refractivity contribution in [1.29, 1.82) is 0 Å². The summed E-state index contributed by atoms with van der Waals surface area (Å²) in [6.45, 7) is 4.44. The largest absolute Gasteiger partial charge is 0.481 e. The molecular weight excluding hydrogens is 504 g/mol. The van der Waals surface area contributed by atoms with Crippen molar-refractivity contribution < 1.29 is 23.1 Å². The fourth-order valence-corrected chi connectivity index (χ4v) is 6.08. The maximum absolute atomic E-state index is 14.2. The Bertz CT molecular complexity index is 1330. The minimum Gasteiger partial charge on any atom is -0.481 e. The van der Waals surface area contributed by atoms with Gasteiger partial charge in [-0.25, -0.2) is 4.68 Å². The van der Waals surface area contributed by atoms with Crippen molar-refractivity contribution in [1.82, 2.24) is 20.3 Å². The molecule has 11 heteroatoms. The van der Waals surface area contributed by atoms with E-state index in [2.05, 4.69) is 15.6 Å². The Hall–Kier alpha value is -2.36. The molecule has 0 spiro atoms. The zero-order chi connectivity index (χ0) is 25.3. The monoisotopic (exact) mass is 526 g/mol. The standard InChI is InChI=1S/C24H23Cl2F3N4O2/c1-12(16-4-3-15(25)7-18(16)26)33-19-6-13(5-17(24(27,28)29)20(19)31-32-33)23(10-30-11-23)14-8-22(2,9-14)21(34)35/h3-7,12,14,30H,8-11H2,1-2H3,(H,34,35)/t12-,14?,22?/m1/s1. The fourth-order valence-electron chi connectivity index (χ4n) is 5.52. The number of carboxylic acid groups (broad SMARTS) is 1. The summed E-state index contributed by atoms with van der Waals surface area (Å²) in [6.07, 6.45) is -3.81. The van der Waals surface area contributed by atoms with E-state index in [4.69, 9.17) is 23.2 Å². The molecule has 1 aromatic heterocycles. The molecule has 186 valence electrons. The van der Waals surface area contributed by atoms with Crippen LogP contribution in [0.3, 0.4) is 0 Å². The van der Waals surface area contributed by atoms with Crippen LogP contribution in [0.4, 0.5) is 13.2 Å². The number of halogens is 5. The zero-order valence-electron chi connectivity index (χ0n) is 19.0. The minimum absolute atomic E-state index is 0.0455. The predicted molar refractivity (Wildman–Crippen MR) is 126 cm³/mol. The molecule has 1 saturated carbocycles. The van der Waals surface area contributed by atoms with Crippen molar-refractivity contribution in [2.75, 3.05) is 13.1 Å². The van der Waals surface area contributed by atoms with Gasteiger partial charge in [-0.1, -0.05) is 34.5 Å². The normalized spacial score (nSPS) is 24.6. The van der Waals surface area contributed by atoms with Crippen molar-refractivity contribution >= 4 is 40.2 Å². The van der Waals surface area contributed by atoms with Crippen LogP contribution in [0.25, 0.3) is 11.0 Å². The maximum atomic E-state index is 14.2. The van der Waals surface area contributed by atoms with Gasteiger partial charge in [-0.2, -0.15) is 13.2 Å². The molecule has 6 nitrogen and oxygen atoms in total. The molecule has 2 aliphatic rings. The number of benzene rings is 2. The molecule has 2 fully saturated rings. The molecule has 1 aliphatic heterocycles. The van der Waals surface area contributed by atoms with E-state index in [9.17, 15) is 23.1 Å². The number of hydrogen-bond acceptors (Lipinski definition) is 4. The Labute approximate surface area is 209 Å². The van der Waals surface area contributed by atoms with Gasteiger partial charge in [-0.3, -0.25) is 4.79 Å². The van der Waals surface area contributed by atoms with E-state index in [0.29, 0.717) is 47.1 Å². The third-order valence-corrected chi connectivity index (χ3v) is 8.37. The molecule has 3 aromatic rings. The number of nitrogens with zero attached hydrogens (tertiary/aromatic N) is 3. The van der Waals surface area contributed by atoms with Gasteiger partial charge in [0.1, 0.15) is 5.52 Å². The Morgan fingerprint density at radius 3 is 2.46 bits per heavy atom. The molecule has 0 unspecified atom stereocenters. The van der Waals surface area contributed by atoms with Crippen molar-refractivity contribution in [3.8, 4) is 0 Å². The Balaban J connectivity index is 1.64. The summed E-state index contributed by atoms with van der Waals surface area (Å²) in [6, 6.07) is 7.34. The van der Waals surface area contributed by atoms with Gasteiger partial charge in [0, 0.05) is 28.5 Å². The van der Waals surface area contributed by atoms with Gasteiger partial charge in [0.05, 0.1) is 22.5 Å². The summed E-state index contributed by atoms with van der Waals surface area (Å²) >= 11 is 12.4. The lowest BCUT2D eigenvalue weighted by Crippen LogP contribution is -2.65. The Kier molecular flexibility index (Phi) is 5.62. The summed E-state index contributed by atoms with van der Waals surface area (Å²) in [5.41, 5.74) is -1.10. The summed E-state index contributed by atoms with van der Waals surface area (Å²) < 4.78 is 44.0. The SMILES string of the molecule is C[C@H](c1ccc(Cl)cc1Cl)n1nnc2c(C(F)(F)F)cc(C3(C4CC(C)(C(=O)O)C4)CNC3)cc21. The van der Waals surface area contributed by atoms with E-state index < -0.39 is 34.6 Å². The van der Waals surface area contributed by atoms with Crippen LogP contribution < -0.4 is 5.32 Å². The van der Waals surface area contributed by atoms with Crippen LogP contribution in [-0.4, -0.2) is 39.2 Å². The first-order valence-corrected chi connectivity index (χ1v) is 12.0. The van der Waals surface area contributed by atoms with E-state index in [-0.39, 0.29) is 17.0 Å². The lowest BCUT2D eigenvalue weighted by Gasteiger charge is -2.57. The van der Waals surface area contributed by atoms with Crippen LogP contribution in [0.15, 0.2) is 30.3 Å². The van der Waals surface area contributed by atoms with Crippen LogP contribution in [0.5, 0.6) is 0 Å². The fraction of sp³-hybridized carbons (Fsp3) is 0.458. The average molecular weight is 527 g/mol. The topological polar surface area (TPSA) is 80.0 Å². The lowest BCUT2D eigenvalue weighted by molar-refractivity contribution is -0.159. The second kappa shape index (κ2) is 8.08. The molecule has 0 radical (unpaired) electrons. The van der Waals surface area contributed by atoms with E-state index >= 15 is 0 Å². The third kappa shape index (κ3) is 3.79. The number of hydrogen-bond donors (Lipinski definition) is 2. The van der Waals surface area contributed by atoms with Crippen LogP contribution in [0, 0.1) is 11.3 Å². The van der Waals surface area contributed by atoms with Gasteiger partial charge in [-0.05, 0) is 68.0 Å². The van der Waals surface area contributed by atoms with Crippen molar-refractivity contribution in [3.05, 3.63) is 57.1 Å². The molecule has 1 atom stereocenters. The highest BCUT2D eigenvalue weighted by atomic mass is 35.5. The Morgan fingerprint density at radius 2 is 1.91 bits per heavy atom. The molecule has 35 heavy (non-hydrogen) atoms. The van der Waals surface area contributed by atoms with E-state index in [1.54, 1.807) is 38.1 Å². The molecule has 2 N–H and O–H groups in total. The predicted octanol–water partition coefficient (Wildman–Crippen LogP) is 5.71. The number of carboxylic acids is 1. The number of nitrogens with one attached hydrogen (secondary N) is 1. The van der Waals surface area contributed by atoms with Crippen molar-refractivity contribution in [2.24, 2.45) is 11.3 Å². The number of fused-ring (bicyclic) bond motifs is 1. The molecule has 5 rings (SSSR count). The number of rotatable bonds is 5. The number of carbonyl (C=O) groups is 1. The van der Waals surface area contributed by atoms with Crippen LogP contribution in [0.1, 0.15) is 49.4 Å². The molecule has 1 aliphatic carbocycles. The average Bonchev–Trinajstić information content (AvgIpc) is 3.13. The summed E-state index contributed by atoms with van der Waals surface area (Å²) in [5.74, 6) is -0.922. The van der Waals surface area contributed by atoms with E-state index in [1.165, 1.54) is 10.7 Å². The van der Waals surface area contributed by atoms with Gasteiger partial charge in [0.2, 0.25) is 0 Å². The molecular formula is C24H23Cl2F3N4O2. The van der Waals surface area contributed by atoms with Crippen LogP contribution in [0.2, 0.25) is 10.0 Å². The summed E-state index contributed by atoms with van der Waals surface area (Å²) in [5, 5.41) is 21.5. The molecule has 2 heterocycles. The van der Waals surface area contributed by atoms with Gasteiger partial charge < -0.3 is 10.4 Å². The van der Waals surface area contributed by atoms with Gasteiger partial charge in [0.15, 0.2) is 0 Å². The highest BCUT2D eigenvalue weighted by Gasteiger charge is 2.58. The zero-order valence-corrected chi connectivity index (χ0v) is 20.5. The molecule has 0 amide bonds. The first kappa shape index (κ1) is 24.3. The molecule has 0 bridgehead atoms. The van der Waals surface area contributed by atoms with Crippen LogP contribution in [-0.2, 0) is 16.4 Å². The van der Waals surface area contributed by atoms with Crippen molar-refractivity contribution in [2.45, 2.75) is 44.3 Å². The highest BCUT2D eigenvalue weighted by Crippen LogP contribution is 2.56. The molecule has 1 saturated heterocycles. The number of aromatic nitrogens is 3. The second-order valence-corrected chi connectivity index (χ2v) is 10.8. The van der Waals surface area contributed by atoms with Gasteiger partial charge >= 0.3 is 12.1 Å². The lowest BCUT2D eigenvalue weighted by atomic mass is 9.50. The minimum atomic E-state index is -4.64. The summed E-state index contributed by atoms with van der Waals surface area (Å²) in [7, 11) is 0. The first-order chi connectivity index (χ1) is 16.4. The highest BCUT2D eigenvalue weighted by molar-refractivity contribution is 6.35. The number of aliphatic carboxylic acids is 1. The van der Waals surface area contributed by atoms with Gasteiger partial charge in [0.25, 0.3) is 0 Å². The third-order valence-electron chi connectivity index (χ3n) is 7.81. The second-order valence-electron chi connectivity index (χ2n) is 10.00.